The molecule has 0 aliphatic heterocycles. The molecule has 0 aliphatic carbocycles. The smallest absolute Gasteiger partial charge is 0.133 e. The van der Waals surface area contributed by atoms with Gasteiger partial charge in [-0.05, 0) is 12.8 Å². The Morgan fingerprint density at radius 1 is 1.45 bits per heavy atom. The van der Waals surface area contributed by atoms with Crippen molar-refractivity contribution in [3.05, 3.63) is 0 Å². The average molecular weight is 200 g/mol. The molecule has 0 aromatic rings. The maximum Gasteiger partial charge on any atom is 0.133 e. The Kier molecular flexibility index (Phi) is 6.34. The molecule has 0 bridgehead atoms. The van der Waals surface area contributed by atoms with Gasteiger partial charge >= 0.3 is 0 Å². The van der Waals surface area contributed by atoms with E-state index >= 15 is 0 Å². The third kappa shape index (κ3) is 5.74. The monoisotopic (exact) mass is 199 g/mol. The summed E-state index contributed by atoms with van der Waals surface area (Å²) in [5.74, 6) is 0. The van der Waals surface area contributed by atoms with E-state index in [1.165, 1.54) is 0 Å². The Morgan fingerprint density at radius 3 is 2.36 bits per heavy atom. The third-order valence-corrected chi connectivity index (χ3v) is 2.08. The van der Waals surface area contributed by atoms with Crippen LogP contribution in [0, 0.1) is 0 Å². The molecule has 0 saturated carbocycles. The molecule has 0 aliphatic rings. The number of aliphatic hydroxyl groups is 1. The molecule has 11 heavy (non-hydrogen) atoms. The van der Waals surface area contributed by atoms with Crippen LogP contribution in [0.1, 0.15) is 26.2 Å². The predicted molar refractivity (Wildman–Crippen MR) is 49.0 cm³/mol. The lowest BCUT2D eigenvalue weighted by Gasteiger charge is -2.15. The van der Waals surface area contributed by atoms with Crippen LogP contribution < -0.4 is 5.73 Å². The molecular formula is C7H15Cl2NO. The minimum atomic E-state index is -0.724. The summed E-state index contributed by atoms with van der Waals surface area (Å²) in [6.07, 6.45) is 1.70. The van der Waals surface area contributed by atoms with Gasteiger partial charge in [-0.25, -0.2) is 0 Å². The molecule has 0 amide bonds. The average Bonchev–Trinajstić information content (AvgIpc) is 1.87. The van der Waals surface area contributed by atoms with Gasteiger partial charge in [-0.2, -0.15) is 0 Å². The zero-order valence-corrected chi connectivity index (χ0v) is 8.15. The summed E-state index contributed by atoms with van der Waals surface area (Å²) in [6, 6.07) is 0.00926. The van der Waals surface area contributed by atoms with Crippen LogP contribution >= 0.6 is 23.2 Å². The third-order valence-electron chi connectivity index (χ3n) is 1.49. The summed E-state index contributed by atoms with van der Waals surface area (Å²) in [5.41, 5.74) is 5.65. The van der Waals surface area contributed by atoms with Crippen LogP contribution in [-0.4, -0.2) is 22.1 Å². The zero-order valence-electron chi connectivity index (χ0n) is 6.63. The Labute approximate surface area is 77.7 Å². The minimum Gasteiger partial charge on any atom is -0.390 e. The van der Waals surface area contributed by atoms with E-state index < -0.39 is 10.9 Å². The van der Waals surface area contributed by atoms with Crippen LogP contribution in [-0.2, 0) is 0 Å². The van der Waals surface area contributed by atoms with E-state index in [1.54, 1.807) is 0 Å². The van der Waals surface area contributed by atoms with Crippen molar-refractivity contribution >= 4 is 23.2 Å². The van der Waals surface area contributed by atoms with E-state index in [4.69, 9.17) is 28.9 Å². The topological polar surface area (TPSA) is 46.2 Å². The lowest BCUT2D eigenvalue weighted by atomic mass is 10.1. The lowest BCUT2D eigenvalue weighted by molar-refractivity contribution is 0.167. The van der Waals surface area contributed by atoms with Crippen molar-refractivity contribution in [2.75, 3.05) is 0 Å². The van der Waals surface area contributed by atoms with Gasteiger partial charge in [0, 0.05) is 6.04 Å². The van der Waals surface area contributed by atoms with E-state index in [2.05, 4.69) is 0 Å². The first-order chi connectivity index (χ1) is 5.07. The first-order valence-electron chi connectivity index (χ1n) is 3.79. The summed E-state index contributed by atoms with van der Waals surface area (Å²) in [7, 11) is 0. The molecule has 68 valence electrons. The number of rotatable bonds is 5. The number of alkyl halides is 2. The second kappa shape index (κ2) is 6.06. The number of halogens is 2. The van der Waals surface area contributed by atoms with Gasteiger partial charge in [0.15, 0.2) is 0 Å². The van der Waals surface area contributed by atoms with Gasteiger partial charge in [0.05, 0.1) is 6.10 Å². The van der Waals surface area contributed by atoms with Crippen molar-refractivity contribution < 1.29 is 5.11 Å². The number of nitrogens with two attached hydrogens (primary N) is 1. The predicted octanol–water partition coefficient (Wildman–Crippen LogP) is 1.67. The second-order valence-corrected chi connectivity index (χ2v) is 3.85. The quantitative estimate of drug-likeness (QED) is 0.663. The number of aliphatic hydroxyl groups excluding tert-OH is 1. The molecule has 0 saturated heterocycles. The van der Waals surface area contributed by atoms with Gasteiger partial charge in [-0.3, -0.25) is 0 Å². The van der Waals surface area contributed by atoms with Crippen molar-refractivity contribution in [2.24, 2.45) is 5.73 Å². The van der Waals surface area contributed by atoms with Gasteiger partial charge in [-0.15, -0.1) is 23.2 Å². The highest BCUT2D eigenvalue weighted by molar-refractivity contribution is 6.44. The normalized spacial score (nSPS) is 16.9. The molecule has 0 heterocycles. The number of hydrogen-bond acceptors (Lipinski definition) is 2. The van der Waals surface area contributed by atoms with Gasteiger partial charge in [0.25, 0.3) is 0 Å². The molecule has 2 nitrogen and oxygen atoms in total. The molecular weight excluding hydrogens is 185 g/mol. The Morgan fingerprint density at radius 2 is 2.00 bits per heavy atom. The number of hydrogen-bond donors (Lipinski definition) is 2. The summed E-state index contributed by atoms with van der Waals surface area (Å²) in [5, 5.41) is 9.18. The molecule has 4 heteroatoms. The largest absolute Gasteiger partial charge is 0.390 e. The summed E-state index contributed by atoms with van der Waals surface area (Å²) < 4.78 is 0. The van der Waals surface area contributed by atoms with Crippen LogP contribution in [0.3, 0.4) is 0 Å². The van der Waals surface area contributed by atoms with E-state index in [0.717, 1.165) is 12.8 Å². The highest BCUT2D eigenvalue weighted by atomic mass is 35.5. The summed E-state index contributed by atoms with van der Waals surface area (Å²) in [4.78, 5) is -0.724. The van der Waals surface area contributed by atoms with Crippen LogP contribution in [0.4, 0.5) is 0 Å². The van der Waals surface area contributed by atoms with Crippen LogP contribution in [0.15, 0.2) is 0 Å². The first kappa shape index (κ1) is 11.5. The van der Waals surface area contributed by atoms with Gasteiger partial charge in [-0.1, -0.05) is 13.3 Å². The first-order valence-corrected chi connectivity index (χ1v) is 4.67. The fourth-order valence-electron chi connectivity index (χ4n) is 0.902. The highest BCUT2D eigenvalue weighted by Gasteiger charge is 2.16. The molecule has 0 rings (SSSR count). The fraction of sp³-hybridized carbons (Fsp3) is 1.00. The van der Waals surface area contributed by atoms with E-state index in [9.17, 15) is 5.11 Å². The van der Waals surface area contributed by atoms with Crippen molar-refractivity contribution in [3.8, 4) is 0 Å². The molecule has 0 aromatic carbocycles. The molecule has 2 unspecified atom stereocenters. The summed E-state index contributed by atoms with van der Waals surface area (Å²) in [6.45, 7) is 2.05. The minimum absolute atomic E-state index is 0.00926. The molecule has 0 spiro atoms. The van der Waals surface area contributed by atoms with Gasteiger partial charge < -0.3 is 10.8 Å². The fourth-order valence-corrected chi connectivity index (χ4v) is 1.11. The van der Waals surface area contributed by atoms with E-state index in [1.807, 2.05) is 6.92 Å². The maximum atomic E-state index is 9.18. The van der Waals surface area contributed by atoms with Gasteiger partial charge in [0.2, 0.25) is 0 Å². The molecule has 0 fully saturated rings. The van der Waals surface area contributed by atoms with Crippen LogP contribution in [0.25, 0.3) is 0 Å². The van der Waals surface area contributed by atoms with Crippen molar-refractivity contribution in [1.82, 2.24) is 0 Å². The second-order valence-electron chi connectivity index (χ2n) is 2.69. The molecule has 0 radical (unpaired) electrons. The zero-order chi connectivity index (χ0) is 8.85. The Bertz CT molecular complexity index is 100. The maximum absolute atomic E-state index is 9.18. The molecule has 3 N–H and O–H groups in total. The SMILES string of the molecule is CCCC(N)CC(O)C(Cl)Cl. The van der Waals surface area contributed by atoms with Crippen molar-refractivity contribution in [3.63, 3.8) is 0 Å². The van der Waals surface area contributed by atoms with Crippen LogP contribution in [0.5, 0.6) is 0 Å². The van der Waals surface area contributed by atoms with E-state index in [-0.39, 0.29) is 6.04 Å². The highest BCUT2D eigenvalue weighted by Crippen LogP contribution is 2.13. The van der Waals surface area contributed by atoms with Crippen LogP contribution in [0.2, 0.25) is 0 Å². The Balaban J connectivity index is 3.48. The van der Waals surface area contributed by atoms with Crippen molar-refractivity contribution in [2.45, 2.75) is 43.2 Å². The molecule has 2 atom stereocenters. The lowest BCUT2D eigenvalue weighted by Crippen LogP contribution is -2.29. The Hall–Kier alpha value is 0.500. The van der Waals surface area contributed by atoms with Gasteiger partial charge in [0.1, 0.15) is 4.84 Å². The van der Waals surface area contributed by atoms with E-state index in [0.29, 0.717) is 6.42 Å². The molecule has 0 aromatic heterocycles. The standard InChI is InChI=1S/C7H15Cl2NO/c1-2-3-5(10)4-6(11)7(8)9/h5-7,11H,2-4,10H2,1H3. The van der Waals surface area contributed by atoms with Crippen molar-refractivity contribution in [1.29, 1.82) is 0 Å². The summed E-state index contributed by atoms with van der Waals surface area (Å²) >= 11 is 10.9.